The summed E-state index contributed by atoms with van der Waals surface area (Å²) in [5, 5.41) is 0. The number of fused-ring (bicyclic) bond motifs is 3. The van der Waals surface area contributed by atoms with E-state index < -0.39 is 0 Å². The standard InChI is InChI=1S/C17H23NO2/c1-11-6-12(2)8-14(7-11)17(19)20-16-9-15-5-4-13(16)10-18(15)3/h6-8,13,15-16H,4-5,9-10H2,1-3H3/t13-,15-,16+/m1/s1. The Hall–Kier alpha value is -1.35. The minimum Gasteiger partial charge on any atom is -0.458 e. The fourth-order valence-corrected chi connectivity index (χ4v) is 3.74. The van der Waals surface area contributed by atoms with Crippen LogP contribution in [-0.4, -0.2) is 36.6 Å². The molecule has 0 spiro atoms. The predicted molar refractivity (Wildman–Crippen MR) is 78.9 cm³/mol. The molecule has 3 nitrogen and oxygen atoms in total. The molecule has 0 aromatic heterocycles. The molecule has 0 N–H and O–H groups in total. The van der Waals surface area contributed by atoms with Crippen molar-refractivity contribution < 1.29 is 9.53 Å². The zero-order valence-electron chi connectivity index (χ0n) is 12.6. The SMILES string of the molecule is Cc1cc(C)cc(C(=O)O[C@H]2C[C@H]3CC[C@@H]2CN3C)c1. The van der Waals surface area contributed by atoms with Gasteiger partial charge in [0.1, 0.15) is 6.10 Å². The number of ether oxygens (including phenoxy) is 1. The van der Waals surface area contributed by atoms with Crippen LogP contribution in [0.15, 0.2) is 18.2 Å². The van der Waals surface area contributed by atoms with Gasteiger partial charge in [0, 0.05) is 24.9 Å². The van der Waals surface area contributed by atoms with Gasteiger partial charge in [0.2, 0.25) is 0 Å². The van der Waals surface area contributed by atoms with Gasteiger partial charge in [0.25, 0.3) is 0 Å². The fraction of sp³-hybridized carbons (Fsp3) is 0.588. The summed E-state index contributed by atoms with van der Waals surface area (Å²) in [5.74, 6) is 0.358. The van der Waals surface area contributed by atoms with Crippen LogP contribution in [0.4, 0.5) is 0 Å². The number of nitrogens with zero attached hydrogens (tertiary/aromatic N) is 1. The first kappa shape index (κ1) is 13.6. The maximum Gasteiger partial charge on any atom is 0.338 e. The van der Waals surface area contributed by atoms with E-state index in [2.05, 4.69) is 18.0 Å². The lowest BCUT2D eigenvalue weighted by Gasteiger charge is -2.47. The van der Waals surface area contributed by atoms with Crippen LogP contribution >= 0.6 is 0 Å². The van der Waals surface area contributed by atoms with Crippen molar-refractivity contribution in [1.82, 2.24) is 4.90 Å². The van der Waals surface area contributed by atoms with E-state index in [0.29, 0.717) is 17.5 Å². The van der Waals surface area contributed by atoms with Crippen molar-refractivity contribution in [3.05, 3.63) is 34.9 Å². The summed E-state index contributed by atoms with van der Waals surface area (Å²) in [4.78, 5) is 14.8. The van der Waals surface area contributed by atoms with Crippen LogP contribution in [0.2, 0.25) is 0 Å². The molecule has 108 valence electrons. The second kappa shape index (κ2) is 5.21. The summed E-state index contributed by atoms with van der Waals surface area (Å²) in [6, 6.07) is 6.51. The van der Waals surface area contributed by atoms with Crippen LogP contribution in [-0.2, 0) is 4.74 Å². The minimum atomic E-state index is -0.156. The van der Waals surface area contributed by atoms with Crippen LogP contribution in [0.1, 0.15) is 40.7 Å². The first-order valence-electron chi connectivity index (χ1n) is 7.52. The highest BCUT2D eigenvalue weighted by molar-refractivity contribution is 5.90. The highest BCUT2D eigenvalue weighted by Gasteiger charge is 2.40. The number of hydrogen-bond acceptors (Lipinski definition) is 3. The first-order chi connectivity index (χ1) is 9.52. The Bertz CT molecular complexity index is 505. The largest absolute Gasteiger partial charge is 0.458 e. The van der Waals surface area contributed by atoms with Gasteiger partial charge >= 0.3 is 5.97 Å². The van der Waals surface area contributed by atoms with E-state index in [1.807, 2.05) is 26.0 Å². The Morgan fingerprint density at radius 3 is 2.45 bits per heavy atom. The smallest absolute Gasteiger partial charge is 0.338 e. The van der Waals surface area contributed by atoms with E-state index >= 15 is 0 Å². The van der Waals surface area contributed by atoms with Crippen molar-refractivity contribution in [2.75, 3.05) is 13.6 Å². The Balaban J connectivity index is 1.70. The van der Waals surface area contributed by atoms with Gasteiger partial charge in [0.05, 0.1) is 5.56 Å². The van der Waals surface area contributed by atoms with Crippen LogP contribution in [0.25, 0.3) is 0 Å². The number of hydrogen-bond donors (Lipinski definition) is 0. The first-order valence-corrected chi connectivity index (χ1v) is 7.52. The highest BCUT2D eigenvalue weighted by atomic mass is 16.5. The Labute approximate surface area is 120 Å². The molecule has 0 radical (unpaired) electrons. The summed E-state index contributed by atoms with van der Waals surface area (Å²) in [7, 11) is 2.18. The monoisotopic (exact) mass is 273 g/mol. The number of rotatable bonds is 2. The second-order valence-electron chi connectivity index (χ2n) is 6.49. The summed E-state index contributed by atoms with van der Waals surface area (Å²) in [6.45, 7) is 5.10. The molecule has 3 fully saturated rings. The van der Waals surface area contributed by atoms with Crippen LogP contribution in [0.5, 0.6) is 0 Å². The Morgan fingerprint density at radius 2 is 1.90 bits per heavy atom. The summed E-state index contributed by atoms with van der Waals surface area (Å²) >= 11 is 0. The molecule has 1 aromatic rings. The molecule has 20 heavy (non-hydrogen) atoms. The van der Waals surface area contributed by atoms with E-state index in [-0.39, 0.29) is 12.1 Å². The van der Waals surface area contributed by atoms with Gasteiger partial charge in [-0.25, -0.2) is 4.79 Å². The lowest BCUT2D eigenvalue weighted by Crippen LogP contribution is -2.53. The summed E-state index contributed by atoms with van der Waals surface area (Å²) in [5.41, 5.74) is 2.92. The molecule has 1 aliphatic carbocycles. The van der Waals surface area contributed by atoms with Crippen molar-refractivity contribution in [3.63, 3.8) is 0 Å². The average Bonchev–Trinajstić information content (AvgIpc) is 2.39. The third kappa shape index (κ3) is 2.59. The lowest BCUT2D eigenvalue weighted by molar-refractivity contribution is -0.0558. The maximum absolute atomic E-state index is 12.3. The average molecular weight is 273 g/mol. The van der Waals surface area contributed by atoms with Crippen molar-refractivity contribution in [3.8, 4) is 0 Å². The van der Waals surface area contributed by atoms with Gasteiger partial charge in [-0.1, -0.05) is 17.2 Å². The molecule has 2 bridgehead atoms. The van der Waals surface area contributed by atoms with E-state index in [9.17, 15) is 4.79 Å². The molecule has 2 heterocycles. The van der Waals surface area contributed by atoms with Gasteiger partial charge in [-0.3, -0.25) is 0 Å². The van der Waals surface area contributed by atoms with Crippen LogP contribution in [0, 0.1) is 19.8 Å². The molecule has 3 heteroatoms. The molecule has 2 saturated heterocycles. The van der Waals surface area contributed by atoms with Crippen molar-refractivity contribution >= 4 is 5.97 Å². The summed E-state index contributed by atoms with van der Waals surface area (Å²) < 4.78 is 5.80. The topological polar surface area (TPSA) is 29.5 Å². The van der Waals surface area contributed by atoms with E-state index in [0.717, 1.165) is 24.1 Å². The minimum absolute atomic E-state index is 0.110. The van der Waals surface area contributed by atoms with Crippen LogP contribution in [0.3, 0.4) is 0 Å². The second-order valence-corrected chi connectivity index (χ2v) is 6.49. The van der Waals surface area contributed by atoms with Gasteiger partial charge in [-0.15, -0.1) is 0 Å². The van der Waals surface area contributed by atoms with Gasteiger partial charge in [0.15, 0.2) is 0 Å². The van der Waals surface area contributed by atoms with Gasteiger partial charge < -0.3 is 9.64 Å². The summed E-state index contributed by atoms with van der Waals surface area (Å²) in [6.07, 6.45) is 3.55. The Morgan fingerprint density at radius 1 is 1.20 bits per heavy atom. The van der Waals surface area contributed by atoms with E-state index in [1.54, 1.807) is 0 Å². The van der Waals surface area contributed by atoms with Gasteiger partial charge in [-0.05, 0) is 45.9 Å². The quantitative estimate of drug-likeness (QED) is 0.776. The molecule has 0 amide bonds. The molecule has 3 atom stereocenters. The zero-order valence-corrected chi connectivity index (χ0v) is 12.6. The predicted octanol–water partition coefficient (Wildman–Crippen LogP) is 2.94. The number of carbonyl (C=O) groups excluding carboxylic acids is 1. The third-order valence-corrected chi connectivity index (χ3v) is 4.76. The van der Waals surface area contributed by atoms with Crippen molar-refractivity contribution in [2.24, 2.45) is 5.92 Å². The maximum atomic E-state index is 12.3. The fourth-order valence-electron chi connectivity index (χ4n) is 3.74. The van der Waals surface area contributed by atoms with Gasteiger partial charge in [-0.2, -0.15) is 0 Å². The number of piperidine rings is 2. The number of aryl methyl sites for hydroxylation is 2. The van der Waals surface area contributed by atoms with Crippen molar-refractivity contribution in [1.29, 1.82) is 0 Å². The molecule has 0 unspecified atom stereocenters. The highest BCUT2D eigenvalue weighted by Crippen LogP contribution is 2.36. The molecule has 1 saturated carbocycles. The molecular weight excluding hydrogens is 250 g/mol. The normalized spacial score (nSPS) is 29.4. The van der Waals surface area contributed by atoms with E-state index in [1.165, 1.54) is 12.8 Å². The van der Waals surface area contributed by atoms with Crippen LogP contribution < -0.4 is 0 Å². The molecule has 1 aromatic carbocycles. The van der Waals surface area contributed by atoms with Crippen molar-refractivity contribution in [2.45, 2.75) is 45.3 Å². The Kier molecular flexibility index (Phi) is 3.55. The lowest BCUT2D eigenvalue weighted by atomic mass is 9.78. The number of benzene rings is 1. The molecule has 4 rings (SSSR count). The molecule has 2 aliphatic heterocycles. The van der Waals surface area contributed by atoms with E-state index in [4.69, 9.17) is 4.74 Å². The number of esters is 1. The zero-order chi connectivity index (χ0) is 14.3. The number of carbonyl (C=O) groups is 1. The third-order valence-electron chi connectivity index (χ3n) is 4.76. The molecular formula is C17H23NO2. The molecule has 3 aliphatic rings.